The van der Waals surface area contributed by atoms with Gasteiger partial charge < -0.3 is 0 Å². The summed E-state index contributed by atoms with van der Waals surface area (Å²) in [5.41, 5.74) is 2.73. The van der Waals surface area contributed by atoms with Crippen molar-refractivity contribution in [3.05, 3.63) is 40.9 Å². The number of aryl methyl sites for hydroxylation is 1. The van der Waals surface area contributed by atoms with Crippen LogP contribution in [0.2, 0.25) is 0 Å². The van der Waals surface area contributed by atoms with Crippen molar-refractivity contribution in [3.63, 3.8) is 0 Å². The average Bonchev–Trinajstić information content (AvgIpc) is 3.04. The first-order valence-corrected chi connectivity index (χ1v) is 7.50. The third-order valence-corrected chi connectivity index (χ3v) is 4.36. The fourth-order valence-corrected chi connectivity index (χ4v) is 2.94. The molecule has 4 amide bonds. The third kappa shape index (κ3) is 2.39. The number of rotatable bonds is 3. The van der Waals surface area contributed by atoms with Crippen molar-refractivity contribution in [2.24, 2.45) is 0 Å². The minimum absolute atomic E-state index is 0.0100. The number of aromatic nitrogens is 1. The van der Waals surface area contributed by atoms with E-state index in [1.54, 1.807) is 5.38 Å². The highest BCUT2D eigenvalue weighted by atomic mass is 32.1. The molecule has 3 rings (SSSR count). The molecule has 22 heavy (non-hydrogen) atoms. The van der Waals surface area contributed by atoms with Crippen LogP contribution in [0.4, 0.5) is 4.79 Å². The molecule has 1 aliphatic heterocycles. The third-order valence-electron chi connectivity index (χ3n) is 3.42. The Labute approximate surface area is 131 Å². The molecule has 112 valence electrons. The smallest absolute Gasteiger partial charge is 0.263 e. The standard InChI is InChI=1S/C15H13N3O3S/c1-9-3-5-10(6-4-9)12-16-11(8-22-12)7-18-14(20)13(19)17(2)15(18)21/h3-6,8H,7H2,1-2H3. The van der Waals surface area contributed by atoms with Crippen LogP contribution in [0.25, 0.3) is 10.6 Å². The summed E-state index contributed by atoms with van der Waals surface area (Å²) >= 11 is 1.44. The van der Waals surface area contributed by atoms with Crippen LogP contribution in [0.3, 0.4) is 0 Å². The number of urea groups is 1. The number of imide groups is 2. The molecule has 0 aliphatic carbocycles. The van der Waals surface area contributed by atoms with E-state index in [1.165, 1.54) is 18.4 Å². The number of amides is 4. The Morgan fingerprint density at radius 3 is 2.36 bits per heavy atom. The SMILES string of the molecule is Cc1ccc(-c2nc(CN3C(=O)C(=O)N(C)C3=O)cs2)cc1. The molecule has 1 fully saturated rings. The minimum atomic E-state index is -0.808. The number of benzene rings is 1. The van der Waals surface area contributed by atoms with Gasteiger partial charge in [0.15, 0.2) is 0 Å². The number of thiazole rings is 1. The largest absolute Gasteiger partial charge is 0.334 e. The lowest BCUT2D eigenvalue weighted by Gasteiger charge is -2.10. The zero-order valence-corrected chi connectivity index (χ0v) is 12.9. The summed E-state index contributed by atoms with van der Waals surface area (Å²) in [5.74, 6) is -1.61. The molecule has 2 aromatic rings. The van der Waals surface area contributed by atoms with E-state index >= 15 is 0 Å². The van der Waals surface area contributed by atoms with Crippen molar-refractivity contribution < 1.29 is 14.4 Å². The monoisotopic (exact) mass is 315 g/mol. The molecule has 0 atom stereocenters. The van der Waals surface area contributed by atoms with Gasteiger partial charge in [0, 0.05) is 18.0 Å². The van der Waals surface area contributed by atoms with Gasteiger partial charge >= 0.3 is 17.8 Å². The van der Waals surface area contributed by atoms with Crippen LogP contribution in [0, 0.1) is 6.92 Å². The Hall–Kier alpha value is -2.54. The van der Waals surface area contributed by atoms with Crippen molar-refractivity contribution in [3.8, 4) is 10.6 Å². The van der Waals surface area contributed by atoms with Crippen LogP contribution < -0.4 is 0 Å². The molecule has 0 saturated carbocycles. The van der Waals surface area contributed by atoms with Crippen LogP contribution in [-0.2, 0) is 16.1 Å². The van der Waals surface area contributed by atoms with Gasteiger partial charge in [-0.3, -0.25) is 14.5 Å². The Morgan fingerprint density at radius 1 is 1.09 bits per heavy atom. The van der Waals surface area contributed by atoms with Gasteiger partial charge in [0.25, 0.3) is 0 Å². The molecule has 0 bridgehead atoms. The molecule has 1 aromatic heterocycles. The van der Waals surface area contributed by atoms with Gasteiger partial charge in [0.1, 0.15) is 5.01 Å². The van der Waals surface area contributed by atoms with Crippen molar-refractivity contribution in [2.75, 3.05) is 7.05 Å². The first-order chi connectivity index (χ1) is 10.5. The summed E-state index contributed by atoms with van der Waals surface area (Å²) in [6.45, 7) is 2.02. The van der Waals surface area contributed by atoms with Crippen molar-refractivity contribution in [1.82, 2.24) is 14.8 Å². The van der Waals surface area contributed by atoms with Crippen LogP contribution in [0.5, 0.6) is 0 Å². The molecule has 1 aliphatic rings. The Kier molecular flexibility index (Phi) is 3.50. The highest BCUT2D eigenvalue weighted by Gasteiger charge is 2.42. The first kappa shape index (κ1) is 14.4. The van der Waals surface area contributed by atoms with Gasteiger partial charge in [-0.15, -0.1) is 11.3 Å². The molecule has 7 heteroatoms. The Balaban J connectivity index is 1.80. The number of nitrogens with zero attached hydrogens (tertiary/aromatic N) is 3. The van der Waals surface area contributed by atoms with Crippen LogP contribution in [-0.4, -0.2) is 39.7 Å². The maximum atomic E-state index is 11.8. The number of carbonyl (C=O) groups is 3. The molecular weight excluding hydrogens is 302 g/mol. The predicted molar refractivity (Wildman–Crippen MR) is 81.0 cm³/mol. The lowest BCUT2D eigenvalue weighted by Crippen LogP contribution is -2.31. The summed E-state index contributed by atoms with van der Waals surface area (Å²) in [6, 6.07) is 7.33. The lowest BCUT2D eigenvalue weighted by molar-refractivity contribution is -0.143. The van der Waals surface area contributed by atoms with E-state index < -0.39 is 17.8 Å². The van der Waals surface area contributed by atoms with Gasteiger partial charge in [0.2, 0.25) is 0 Å². The summed E-state index contributed by atoms with van der Waals surface area (Å²) in [4.78, 5) is 41.2. The van der Waals surface area contributed by atoms with E-state index in [0.29, 0.717) is 5.69 Å². The van der Waals surface area contributed by atoms with Crippen molar-refractivity contribution in [1.29, 1.82) is 0 Å². The molecule has 2 heterocycles. The molecule has 0 unspecified atom stereocenters. The molecule has 0 radical (unpaired) electrons. The first-order valence-electron chi connectivity index (χ1n) is 6.62. The second-order valence-corrected chi connectivity index (χ2v) is 5.91. The van der Waals surface area contributed by atoms with E-state index in [9.17, 15) is 14.4 Å². The summed E-state index contributed by atoms with van der Waals surface area (Å²) in [6.07, 6.45) is 0. The zero-order valence-electron chi connectivity index (χ0n) is 12.1. The molecule has 1 saturated heterocycles. The highest BCUT2D eigenvalue weighted by Crippen LogP contribution is 2.25. The predicted octanol–water partition coefficient (Wildman–Crippen LogP) is 2.04. The fraction of sp³-hybridized carbons (Fsp3) is 0.200. The van der Waals surface area contributed by atoms with E-state index in [1.807, 2.05) is 31.2 Å². The second-order valence-electron chi connectivity index (χ2n) is 5.05. The topological polar surface area (TPSA) is 70.6 Å². The number of hydrogen-bond donors (Lipinski definition) is 0. The molecule has 0 spiro atoms. The lowest BCUT2D eigenvalue weighted by atomic mass is 10.2. The van der Waals surface area contributed by atoms with Gasteiger partial charge in [-0.1, -0.05) is 29.8 Å². The molecule has 6 nitrogen and oxygen atoms in total. The summed E-state index contributed by atoms with van der Waals surface area (Å²) in [5, 5.41) is 2.60. The Bertz CT molecular complexity index is 767. The maximum absolute atomic E-state index is 11.8. The maximum Gasteiger partial charge on any atom is 0.334 e. The van der Waals surface area contributed by atoms with Crippen LogP contribution in [0.1, 0.15) is 11.3 Å². The van der Waals surface area contributed by atoms with E-state index in [4.69, 9.17) is 0 Å². The fourth-order valence-electron chi connectivity index (χ4n) is 2.12. The summed E-state index contributed by atoms with van der Waals surface area (Å²) < 4.78 is 0. The molecule has 0 N–H and O–H groups in total. The van der Waals surface area contributed by atoms with Gasteiger partial charge in [-0.05, 0) is 6.92 Å². The number of likely N-dealkylation sites (N-methyl/N-ethyl adjacent to an activating group) is 1. The van der Waals surface area contributed by atoms with Gasteiger partial charge in [-0.25, -0.2) is 14.7 Å². The highest BCUT2D eigenvalue weighted by molar-refractivity contribution is 7.13. The van der Waals surface area contributed by atoms with Crippen LogP contribution >= 0.6 is 11.3 Å². The van der Waals surface area contributed by atoms with Crippen LogP contribution in [0.15, 0.2) is 29.6 Å². The minimum Gasteiger partial charge on any atom is -0.263 e. The molecular formula is C15H13N3O3S. The quantitative estimate of drug-likeness (QED) is 0.642. The normalized spacial score (nSPS) is 15.1. The summed E-state index contributed by atoms with van der Waals surface area (Å²) in [7, 11) is 1.29. The van der Waals surface area contributed by atoms with Gasteiger partial charge in [-0.2, -0.15) is 0 Å². The Morgan fingerprint density at radius 2 is 1.77 bits per heavy atom. The van der Waals surface area contributed by atoms with E-state index in [2.05, 4.69) is 4.98 Å². The number of carbonyl (C=O) groups excluding carboxylic acids is 3. The van der Waals surface area contributed by atoms with Crippen molar-refractivity contribution >= 4 is 29.2 Å². The van der Waals surface area contributed by atoms with E-state index in [0.717, 1.165) is 25.9 Å². The van der Waals surface area contributed by atoms with Gasteiger partial charge in [0.05, 0.1) is 12.2 Å². The van der Waals surface area contributed by atoms with Crippen molar-refractivity contribution in [2.45, 2.75) is 13.5 Å². The second kappa shape index (κ2) is 5.34. The number of hydrogen-bond acceptors (Lipinski definition) is 5. The molecule has 1 aromatic carbocycles. The zero-order chi connectivity index (χ0) is 15.9. The average molecular weight is 315 g/mol. The van der Waals surface area contributed by atoms with E-state index in [-0.39, 0.29) is 6.54 Å².